The summed E-state index contributed by atoms with van der Waals surface area (Å²) < 4.78 is 23.3. The summed E-state index contributed by atoms with van der Waals surface area (Å²) in [5, 5.41) is 10.9. The summed E-state index contributed by atoms with van der Waals surface area (Å²) >= 11 is 11.5. The molecule has 0 unspecified atom stereocenters. The Balaban J connectivity index is 1.69. The molecule has 0 amide bonds. The van der Waals surface area contributed by atoms with Crippen molar-refractivity contribution in [1.82, 2.24) is 9.13 Å². The number of hydrogen-bond donors (Lipinski definition) is 1. The van der Waals surface area contributed by atoms with Crippen molar-refractivity contribution in [2.45, 2.75) is 19.3 Å². The highest BCUT2D eigenvalue weighted by Gasteiger charge is 2.13. The quantitative estimate of drug-likeness (QED) is 0.655. The number of rotatable bonds is 6. The molecular formula is C18H18ClFN2O2S. The Labute approximate surface area is 155 Å². The number of hydrogen-bond acceptors (Lipinski definition) is 3. The van der Waals surface area contributed by atoms with Crippen LogP contribution in [0.3, 0.4) is 0 Å². The van der Waals surface area contributed by atoms with Crippen LogP contribution in [0.25, 0.3) is 11.0 Å². The summed E-state index contributed by atoms with van der Waals surface area (Å²) in [5.41, 5.74) is 2.25. The number of fused-ring (bicyclic) bond motifs is 1. The second-order valence-corrected chi connectivity index (χ2v) is 6.65. The van der Waals surface area contributed by atoms with Gasteiger partial charge in [-0.3, -0.25) is 0 Å². The molecule has 4 nitrogen and oxygen atoms in total. The number of benzene rings is 2. The molecule has 0 saturated heterocycles. The molecule has 0 bridgehead atoms. The Bertz CT molecular complexity index is 954. The number of nitrogens with zero attached hydrogens (tertiary/aromatic N) is 2. The lowest BCUT2D eigenvalue weighted by Gasteiger charge is -2.13. The average molecular weight is 381 g/mol. The molecule has 25 heavy (non-hydrogen) atoms. The summed E-state index contributed by atoms with van der Waals surface area (Å²) in [5.74, 6) is -0.317. The van der Waals surface area contributed by atoms with Crippen molar-refractivity contribution in [3.8, 4) is 0 Å². The van der Waals surface area contributed by atoms with Crippen molar-refractivity contribution >= 4 is 34.9 Å². The van der Waals surface area contributed by atoms with Crippen molar-refractivity contribution in [3.63, 3.8) is 0 Å². The SMILES string of the molecule is Cn1c(=S)n(C[C@H](O)COCc2ccccc2F)c2cc(Cl)ccc21. The summed E-state index contributed by atoms with van der Waals surface area (Å²) in [6.07, 6.45) is -0.775. The molecule has 132 valence electrons. The van der Waals surface area contributed by atoms with E-state index in [9.17, 15) is 9.50 Å². The van der Waals surface area contributed by atoms with Crippen LogP contribution < -0.4 is 0 Å². The minimum atomic E-state index is -0.775. The third-order valence-corrected chi connectivity index (χ3v) is 4.76. The maximum Gasteiger partial charge on any atom is 0.180 e. The topological polar surface area (TPSA) is 39.3 Å². The van der Waals surface area contributed by atoms with Gasteiger partial charge in [-0.25, -0.2) is 4.39 Å². The van der Waals surface area contributed by atoms with E-state index >= 15 is 0 Å². The second-order valence-electron chi connectivity index (χ2n) is 5.85. The minimum absolute atomic E-state index is 0.0764. The predicted molar refractivity (Wildman–Crippen MR) is 98.8 cm³/mol. The van der Waals surface area contributed by atoms with Gasteiger partial charge in [0.15, 0.2) is 4.77 Å². The van der Waals surface area contributed by atoms with Crippen molar-refractivity contribution < 1.29 is 14.2 Å². The fraction of sp³-hybridized carbons (Fsp3) is 0.278. The van der Waals surface area contributed by atoms with Gasteiger partial charge in [0, 0.05) is 17.6 Å². The van der Waals surface area contributed by atoms with Crippen LogP contribution in [0.2, 0.25) is 5.02 Å². The Morgan fingerprint density at radius 1 is 1.24 bits per heavy atom. The van der Waals surface area contributed by atoms with Gasteiger partial charge in [-0.15, -0.1) is 0 Å². The third-order valence-electron chi connectivity index (χ3n) is 4.03. The minimum Gasteiger partial charge on any atom is -0.389 e. The van der Waals surface area contributed by atoms with E-state index < -0.39 is 6.10 Å². The molecule has 2 aromatic carbocycles. The molecule has 0 saturated carbocycles. The van der Waals surface area contributed by atoms with E-state index in [4.69, 9.17) is 28.6 Å². The first kappa shape index (κ1) is 18.1. The van der Waals surface area contributed by atoms with Gasteiger partial charge in [-0.1, -0.05) is 29.8 Å². The first-order valence-corrected chi connectivity index (χ1v) is 8.60. The molecule has 0 spiro atoms. The molecule has 0 aliphatic carbocycles. The molecule has 0 fully saturated rings. The molecule has 0 aliphatic heterocycles. The number of ether oxygens (including phenoxy) is 1. The lowest BCUT2D eigenvalue weighted by atomic mass is 10.2. The first-order chi connectivity index (χ1) is 12.0. The molecule has 1 heterocycles. The normalized spacial score (nSPS) is 12.6. The number of aromatic nitrogens is 2. The van der Waals surface area contributed by atoms with E-state index in [0.29, 0.717) is 15.4 Å². The van der Waals surface area contributed by atoms with E-state index in [0.717, 1.165) is 11.0 Å². The fourth-order valence-corrected chi connectivity index (χ4v) is 3.18. The lowest BCUT2D eigenvalue weighted by Crippen LogP contribution is -2.22. The maximum atomic E-state index is 13.6. The van der Waals surface area contributed by atoms with Crippen LogP contribution in [-0.4, -0.2) is 27.0 Å². The molecule has 1 atom stereocenters. The van der Waals surface area contributed by atoms with Crippen molar-refractivity contribution in [2.24, 2.45) is 7.05 Å². The maximum absolute atomic E-state index is 13.6. The lowest BCUT2D eigenvalue weighted by molar-refractivity contribution is 0.0197. The van der Waals surface area contributed by atoms with Crippen LogP contribution in [0.4, 0.5) is 4.39 Å². The fourth-order valence-electron chi connectivity index (χ4n) is 2.74. The van der Waals surface area contributed by atoms with E-state index in [2.05, 4.69) is 0 Å². The highest BCUT2D eigenvalue weighted by Crippen LogP contribution is 2.22. The zero-order valence-electron chi connectivity index (χ0n) is 13.7. The Morgan fingerprint density at radius 3 is 2.76 bits per heavy atom. The zero-order valence-corrected chi connectivity index (χ0v) is 15.2. The van der Waals surface area contributed by atoms with Gasteiger partial charge in [0.1, 0.15) is 5.82 Å². The van der Waals surface area contributed by atoms with Crippen molar-refractivity contribution in [1.29, 1.82) is 0 Å². The van der Waals surface area contributed by atoms with E-state index in [-0.39, 0.29) is 25.6 Å². The van der Waals surface area contributed by atoms with Crippen LogP contribution in [0.1, 0.15) is 5.56 Å². The van der Waals surface area contributed by atoms with Gasteiger partial charge < -0.3 is 19.0 Å². The highest BCUT2D eigenvalue weighted by atomic mass is 35.5. The summed E-state index contributed by atoms with van der Waals surface area (Å²) in [7, 11) is 1.87. The predicted octanol–water partition coefficient (Wildman–Crippen LogP) is 4.08. The average Bonchev–Trinajstić information content (AvgIpc) is 2.81. The molecular weight excluding hydrogens is 363 g/mol. The van der Waals surface area contributed by atoms with Gasteiger partial charge in [0.2, 0.25) is 0 Å². The molecule has 3 aromatic rings. The van der Waals surface area contributed by atoms with E-state index in [1.54, 1.807) is 24.3 Å². The molecule has 3 rings (SSSR count). The highest BCUT2D eigenvalue weighted by molar-refractivity contribution is 7.71. The van der Waals surface area contributed by atoms with Crippen LogP contribution in [0.5, 0.6) is 0 Å². The Kier molecular flexibility index (Phi) is 5.54. The molecule has 0 radical (unpaired) electrons. The van der Waals surface area contributed by atoms with Gasteiger partial charge in [0.25, 0.3) is 0 Å². The summed E-state index contributed by atoms with van der Waals surface area (Å²) in [6.45, 7) is 0.456. The van der Waals surface area contributed by atoms with Crippen LogP contribution in [0, 0.1) is 10.6 Å². The van der Waals surface area contributed by atoms with Gasteiger partial charge in [-0.05, 0) is 36.5 Å². The number of aliphatic hydroxyl groups is 1. The van der Waals surface area contributed by atoms with Crippen LogP contribution in [-0.2, 0) is 24.9 Å². The van der Waals surface area contributed by atoms with Gasteiger partial charge >= 0.3 is 0 Å². The van der Waals surface area contributed by atoms with E-state index in [1.807, 2.05) is 28.3 Å². The van der Waals surface area contributed by atoms with Gasteiger partial charge in [-0.2, -0.15) is 0 Å². The monoisotopic (exact) mass is 380 g/mol. The number of imidazole rings is 1. The third kappa shape index (κ3) is 3.93. The van der Waals surface area contributed by atoms with Crippen LogP contribution in [0.15, 0.2) is 42.5 Å². The molecule has 0 aliphatic rings. The smallest absolute Gasteiger partial charge is 0.180 e. The summed E-state index contributed by atoms with van der Waals surface area (Å²) in [6, 6.07) is 11.9. The van der Waals surface area contributed by atoms with Crippen LogP contribution >= 0.6 is 23.8 Å². The largest absolute Gasteiger partial charge is 0.389 e. The van der Waals surface area contributed by atoms with Gasteiger partial charge in [0.05, 0.1) is 36.9 Å². The number of halogens is 2. The second kappa shape index (κ2) is 7.66. The molecule has 1 aromatic heterocycles. The zero-order chi connectivity index (χ0) is 18.0. The molecule has 7 heteroatoms. The number of aryl methyl sites for hydroxylation is 1. The summed E-state index contributed by atoms with van der Waals surface area (Å²) in [4.78, 5) is 0. The Morgan fingerprint density at radius 2 is 2.00 bits per heavy atom. The first-order valence-electron chi connectivity index (χ1n) is 7.81. The van der Waals surface area contributed by atoms with E-state index in [1.165, 1.54) is 6.07 Å². The standard InChI is InChI=1S/C18H18ClFN2O2S/c1-21-16-7-6-13(19)8-17(16)22(18(21)25)9-14(23)11-24-10-12-4-2-3-5-15(12)20/h2-8,14,23H,9-11H2,1H3/t14-/m0/s1. The van der Waals surface area contributed by atoms with Crippen molar-refractivity contribution in [3.05, 3.63) is 63.6 Å². The Hall–Kier alpha value is -1.73. The number of aliphatic hydroxyl groups excluding tert-OH is 1. The van der Waals surface area contributed by atoms with Crippen molar-refractivity contribution in [2.75, 3.05) is 6.61 Å². The molecule has 1 N–H and O–H groups in total.